The summed E-state index contributed by atoms with van der Waals surface area (Å²) in [5.74, 6) is 1.37. The van der Waals surface area contributed by atoms with E-state index in [1.807, 2.05) is 30.3 Å². The summed E-state index contributed by atoms with van der Waals surface area (Å²) in [6, 6.07) is 11.2. The SMILES string of the molecule is COc1ccc(N2Cc3ccc(N)cc3C2=O)cc1OC1CCCC1. The Morgan fingerprint density at radius 2 is 1.88 bits per heavy atom. The van der Waals surface area contributed by atoms with Gasteiger partial charge in [0, 0.05) is 23.0 Å². The molecule has 5 heteroatoms. The zero-order chi connectivity index (χ0) is 17.4. The molecule has 1 aliphatic heterocycles. The van der Waals surface area contributed by atoms with Gasteiger partial charge in [0.25, 0.3) is 5.91 Å². The maximum absolute atomic E-state index is 12.8. The molecule has 2 aromatic carbocycles. The highest BCUT2D eigenvalue weighted by Crippen LogP contribution is 2.37. The Morgan fingerprint density at radius 1 is 1.08 bits per heavy atom. The van der Waals surface area contributed by atoms with Crippen molar-refractivity contribution in [3.05, 3.63) is 47.5 Å². The van der Waals surface area contributed by atoms with E-state index in [2.05, 4.69) is 0 Å². The molecule has 0 spiro atoms. The Kier molecular flexibility index (Phi) is 3.99. The van der Waals surface area contributed by atoms with E-state index in [1.165, 1.54) is 12.8 Å². The van der Waals surface area contributed by atoms with E-state index in [-0.39, 0.29) is 12.0 Å². The van der Waals surface area contributed by atoms with E-state index < -0.39 is 0 Å². The number of hydrogen-bond acceptors (Lipinski definition) is 4. The quantitative estimate of drug-likeness (QED) is 0.862. The molecule has 2 N–H and O–H groups in total. The third kappa shape index (κ3) is 2.90. The van der Waals surface area contributed by atoms with Gasteiger partial charge in [-0.25, -0.2) is 0 Å². The maximum atomic E-state index is 12.8. The summed E-state index contributed by atoms with van der Waals surface area (Å²) in [6.07, 6.45) is 4.78. The molecule has 1 saturated carbocycles. The van der Waals surface area contributed by atoms with Crippen molar-refractivity contribution in [1.82, 2.24) is 0 Å². The van der Waals surface area contributed by atoms with Crippen molar-refractivity contribution < 1.29 is 14.3 Å². The number of hydrogen-bond donors (Lipinski definition) is 1. The van der Waals surface area contributed by atoms with Gasteiger partial charge in [0.05, 0.1) is 19.8 Å². The van der Waals surface area contributed by atoms with Gasteiger partial charge >= 0.3 is 0 Å². The van der Waals surface area contributed by atoms with Crippen molar-refractivity contribution in [2.24, 2.45) is 0 Å². The number of nitrogen functional groups attached to an aromatic ring is 1. The fraction of sp³-hybridized carbons (Fsp3) is 0.350. The topological polar surface area (TPSA) is 64.8 Å². The minimum Gasteiger partial charge on any atom is -0.493 e. The van der Waals surface area contributed by atoms with Crippen LogP contribution in [-0.2, 0) is 6.54 Å². The average Bonchev–Trinajstić information content (AvgIpc) is 3.23. The van der Waals surface area contributed by atoms with Gasteiger partial charge in [-0.15, -0.1) is 0 Å². The zero-order valence-corrected chi connectivity index (χ0v) is 14.3. The first kappa shape index (κ1) is 15.8. The van der Waals surface area contributed by atoms with E-state index in [0.717, 1.165) is 24.1 Å². The lowest BCUT2D eigenvalue weighted by Crippen LogP contribution is -2.23. The Hall–Kier alpha value is -2.69. The number of nitrogens with two attached hydrogens (primary N) is 1. The molecule has 0 radical (unpaired) electrons. The Labute approximate surface area is 147 Å². The Balaban J connectivity index is 1.63. The van der Waals surface area contributed by atoms with Crippen LogP contribution in [0.25, 0.3) is 0 Å². The first-order valence-electron chi connectivity index (χ1n) is 8.70. The van der Waals surface area contributed by atoms with Crippen LogP contribution in [0.1, 0.15) is 41.6 Å². The number of rotatable bonds is 4. The van der Waals surface area contributed by atoms with Crippen LogP contribution in [0.3, 0.4) is 0 Å². The first-order chi connectivity index (χ1) is 12.2. The van der Waals surface area contributed by atoms with Gasteiger partial charge in [-0.3, -0.25) is 4.79 Å². The van der Waals surface area contributed by atoms with Crippen molar-refractivity contribution in [1.29, 1.82) is 0 Å². The molecule has 4 rings (SSSR count). The van der Waals surface area contributed by atoms with Crippen molar-refractivity contribution in [3.8, 4) is 11.5 Å². The molecule has 0 unspecified atom stereocenters. The molecule has 2 aliphatic rings. The Bertz CT molecular complexity index is 813. The number of ether oxygens (including phenoxy) is 2. The second-order valence-electron chi connectivity index (χ2n) is 6.67. The van der Waals surface area contributed by atoms with E-state index >= 15 is 0 Å². The summed E-state index contributed by atoms with van der Waals surface area (Å²) in [7, 11) is 1.64. The molecule has 1 fully saturated rings. The van der Waals surface area contributed by atoms with Gasteiger partial charge in [0.15, 0.2) is 11.5 Å². The lowest BCUT2D eigenvalue weighted by molar-refractivity contribution is 0.0996. The molecule has 1 amide bonds. The number of benzene rings is 2. The number of carbonyl (C=O) groups is 1. The molecule has 130 valence electrons. The van der Waals surface area contributed by atoms with Gasteiger partial charge in [-0.1, -0.05) is 6.07 Å². The predicted octanol–water partition coefficient (Wildman–Crippen LogP) is 3.76. The van der Waals surface area contributed by atoms with Crippen LogP contribution in [0.15, 0.2) is 36.4 Å². The van der Waals surface area contributed by atoms with Crippen LogP contribution in [0.2, 0.25) is 0 Å². The molecule has 0 bridgehead atoms. The second kappa shape index (κ2) is 6.31. The highest BCUT2D eigenvalue weighted by Gasteiger charge is 2.29. The fourth-order valence-corrected chi connectivity index (χ4v) is 3.64. The number of anilines is 2. The van der Waals surface area contributed by atoms with Crippen molar-refractivity contribution in [2.75, 3.05) is 17.7 Å². The molecule has 0 atom stereocenters. The van der Waals surface area contributed by atoms with Gasteiger partial charge in [-0.05, 0) is 55.5 Å². The summed E-state index contributed by atoms with van der Waals surface area (Å²) in [5, 5.41) is 0. The lowest BCUT2D eigenvalue weighted by atomic mass is 10.1. The zero-order valence-electron chi connectivity index (χ0n) is 14.3. The van der Waals surface area contributed by atoms with Crippen LogP contribution in [0.5, 0.6) is 11.5 Å². The van der Waals surface area contributed by atoms with Crippen molar-refractivity contribution >= 4 is 17.3 Å². The number of nitrogens with zero attached hydrogens (tertiary/aromatic N) is 1. The van der Waals surface area contributed by atoms with Crippen molar-refractivity contribution in [2.45, 2.75) is 38.3 Å². The summed E-state index contributed by atoms with van der Waals surface area (Å²) in [6.45, 7) is 0.545. The van der Waals surface area contributed by atoms with Gasteiger partial charge in [0.2, 0.25) is 0 Å². The molecule has 25 heavy (non-hydrogen) atoms. The monoisotopic (exact) mass is 338 g/mol. The number of methoxy groups -OCH3 is 1. The second-order valence-corrected chi connectivity index (χ2v) is 6.67. The summed E-state index contributed by atoms with van der Waals surface area (Å²) in [5.41, 5.74) is 8.91. The van der Waals surface area contributed by atoms with Gasteiger partial charge in [0.1, 0.15) is 0 Å². The molecule has 2 aromatic rings. The molecule has 1 aliphatic carbocycles. The largest absolute Gasteiger partial charge is 0.493 e. The number of amides is 1. The molecule has 1 heterocycles. The van der Waals surface area contributed by atoms with E-state index in [1.54, 1.807) is 18.1 Å². The molecular weight excluding hydrogens is 316 g/mol. The maximum Gasteiger partial charge on any atom is 0.259 e. The number of carbonyl (C=O) groups excluding carboxylic acids is 1. The molecule has 0 saturated heterocycles. The average molecular weight is 338 g/mol. The van der Waals surface area contributed by atoms with Crippen LogP contribution in [0.4, 0.5) is 11.4 Å². The molecule has 5 nitrogen and oxygen atoms in total. The summed E-state index contributed by atoms with van der Waals surface area (Å²) >= 11 is 0. The van der Waals surface area contributed by atoms with E-state index in [9.17, 15) is 4.79 Å². The van der Waals surface area contributed by atoms with Crippen LogP contribution in [-0.4, -0.2) is 19.1 Å². The lowest BCUT2D eigenvalue weighted by Gasteiger charge is -2.20. The smallest absolute Gasteiger partial charge is 0.259 e. The highest BCUT2D eigenvalue weighted by atomic mass is 16.5. The number of fused-ring (bicyclic) bond motifs is 1. The molecule has 0 aromatic heterocycles. The predicted molar refractivity (Wildman–Crippen MR) is 97.2 cm³/mol. The Morgan fingerprint density at radius 3 is 2.64 bits per heavy atom. The minimum atomic E-state index is -0.0284. The standard InChI is InChI=1S/C20H22N2O3/c1-24-18-9-8-15(11-19(18)25-16-4-2-3-5-16)22-12-13-6-7-14(21)10-17(13)20(22)23/h6-11,16H,2-5,12,21H2,1H3. The highest BCUT2D eigenvalue weighted by molar-refractivity contribution is 6.10. The van der Waals surface area contributed by atoms with Crippen LogP contribution >= 0.6 is 0 Å². The third-order valence-electron chi connectivity index (χ3n) is 4.99. The summed E-state index contributed by atoms with van der Waals surface area (Å²) in [4.78, 5) is 14.5. The van der Waals surface area contributed by atoms with Gasteiger partial charge < -0.3 is 20.1 Å². The van der Waals surface area contributed by atoms with Gasteiger partial charge in [-0.2, -0.15) is 0 Å². The van der Waals surface area contributed by atoms with Crippen LogP contribution in [0, 0.1) is 0 Å². The van der Waals surface area contributed by atoms with E-state index in [0.29, 0.717) is 29.3 Å². The van der Waals surface area contributed by atoms with E-state index in [4.69, 9.17) is 15.2 Å². The molecular formula is C20H22N2O3. The third-order valence-corrected chi connectivity index (χ3v) is 4.99. The van der Waals surface area contributed by atoms with Crippen LogP contribution < -0.4 is 20.1 Å². The fourth-order valence-electron chi connectivity index (χ4n) is 3.64. The normalized spacial score (nSPS) is 17.0. The summed E-state index contributed by atoms with van der Waals surface area (Å²) < 4.78 is 11.6. The first-order valence-corrected chi connectivity index (χ1v) is 8.70. The van der Waals surface area contributed by atoms with Crippen molar-refractivity contribution in [3.63, 3.8) is 0 Å². The minimum absolute atomic E-state index is 0.0284.